The van der Waals surface area contributed by atoms with E-state index in [1.165, 1.54) is 28.9 Å². The highest BCUT2D eigenvalue weighted by molar-refractivity contribution is 6.06. The molecule has 0 N–H and O–H groups in total. The van der Waals surface area contributed by atoms with Crippen molar-refractivity contribution in [3.05, 3.63) is 76.9 Å². The zero-order valence-corrected chi connectivity index (χ0v) is 16.4. The molecule has 4 nitrogen and oxygen atoms in total. The van der Waals surface area contributed by atoms with Gasteiger partial charge in [0.05, 0.1) is 5.69 Å². The Kier molecular flexibility index (Phi) is 4.41. The van der Waals surface area contributed by atoms with Crippen molar-refractivity contribution in [1.29, 1.82) is 0 Å². The summed E-state index contributed by atoms with van der Waals surface area (Å²) in [5.74, 6) is -1.62. The molecule has 0 aliphatic heterocycles. The average Bonchev–Trinajstić information content (AvgIpc) is 3.43. The van der Waals surface area contributed by atoms with Crippen LogP contribution in [-0.4, -0.2) is 22.2 Å². The third-order valence-electron chi connectivity index (χ3n) is 6.23. The van der Waals surface area contributed by atoms with Crippen molar-refractivity contribution < 1.29 is 18.0 Å². The molecular weight excluding hydrogens is 391 g/mol. The highest BCUT2D eigenvalue weighted by atomic mass is 19.1. The van der Waals surface area contributed by atoms with Gasteiger partial charge in [-0.1, -0.05) is 0 Å². The summed E-state index contributed by atoms with van der Waals surface area (Å²) in [5.41, 5.74) is 2.75. The Balaban J connectivity index is 1.63. The van der Waals surface area contributed by atoms with E-state index in [2.05, 4.69) is 5.10 Å². The van der Waals surface area contributed by atoms with Gasteiger partial charge in [0, 0.05) is 29.8 Å². The molecule has 0 saturated heterocycles. The Labute approximate surface area is 171 Å². The van der Waals surface area contributed by atoms with Crippen LogP contribution in [0.2, 0.25) is 0 Å². The fourth-order valence-electron chi connectivity index (χ4n) is 4.92. The van der Waals surface area contributed by atoms with Crippen LogP contribution in [0.25, 0.3) is 5.69 Å². The van der Waals surface area contributed by atoms with Gasteiger partial charge < -0.3 is 4.90 Å². The van der Waals surface area contributed by atoms with Gasteiger partial charge in [0.1, 0.15) is 17.3 Å². The number of anilines is 1. The summed E-state index contributed by atoms with van der Waals surface area (Å²) in [6.45, 7) is 2.22. The summed E-state index contributed by atoms with van der Waals surface area (Å²) in [5, 5.41) is 4.53. The van der Waals surface area contributed by atoms with Gasteiger partial charge in [-0.2, -0.15) is 5.10 Å². The smallest absolute Gasteiger partial charge is 0.279 e. The average molecular weight is 411 g/mol. The second-order valence-corrected chi connectivity index (χ2v) is 7.89. The van der Waals surface area contributed by atoms with Crippen molar-refractivity contribution in [2.24, 2.45) is 0 Å². The fraction of sp³-hybridized carbons (Fsp3) is 0.304. The van der Waals surface area contributed by atoms with Crippen LogP contribution < -0.4 is 4.90 Å². The van der Waals surface area contributed by atoms with Crippen molar-refractivity contribution in [3.63, 3.8) is 0 Å². The van der Waals surface area contributed by atoms with E-state index in [4.69, 9.17) is 0 Å². The molecule has 1 heterocycles. The molecule has 7 heteroatoms. The maximum atomic E-state index is 14.6. The number of aromatic nitrogens is 2. The number of fused-ring (bicyclic) bond motifs is 5. The Bertz CT molecular complexity index is 1140. The van der Waals surface area contributed by atoms with Crippen LogP contribution >= 0.6 is 0 Å². The first-order valence-corrected chi connectivity index (χ1v) is 10.1. The molecular formula is C23H20F3N3O. The highest BCUT2D eigenvalue weighted by Gasteiger charge is 2.45. The summed E-state index contributed by atoms with van der Waals surface area (Å²) in [6, 6.07) is 9.11. The molecule has 0 radical (unpaired) electrons. The lowest BCUT2D eigenvalue weighted by atomic mass is 9.95. The molecule has 5 rings (SSSR count). The first-order valence-electron chi connectivity index (χ1n) is 10.1. The molecule has 154 valence electrons. The molecule has 2 aliphatic rings. The van der Waals surface area contributed by atoms with E-state index in [-0.39, 0.29) is 29.2 Å². The van der Waals surface area contributed by atoms with E-state index in [1.54, 1.807) is 17.0 Å². The first kappa shape index (κ1) is 18.9. The third kappa shape index (κ3) is 2.83. The number of nitrogens with zero attached hydrogens (tertiary/aromatic N) is 3. The second-order valence-electron chi connectivity index (χ2n) is 7.89. The number of benzene rings is 2. The molecule has 0 spiro atoms. The normalized spacial score (nSPS) is 19.2. The summed E-state index contributed by atoms with van der Waals surface area (Å²) >= 11 is 0. The number of carbonyl (C=O) groups excluding carboxylic acids is 1. The van der Waals surface area contributed by atoms with Crippen molar-refractivity contribution in [2.75, 3.05) is 11.4 Å². The number of amides is 1. The third-order valence-corrected chi connectivity index (χ3v) is 6.23. The first-order chi connectivity index (χ1) is 14.5. The molecule has 2 atom stereocenters. The summed E-state index contributed by atoms with van der Waals surface area (Å²) < 4.78 is 42.8. The lowest BCUT2D eigenvalue weighted by Gasteiger charge is -2.21. The van der Waals surface area contributed by atoms with Crippen LogP contribution in [0.5, 0.6) is 0 Å². The van der Waals surface area contributed by atoms with Gasteiger partial charge >= 0.3 is 0 Å². The van der Waals surface area contributed by atoms with Gasteiger partial charge in [-0.15, -0.1) is 0 Å². The van der Waals surface area contributed by atoms with E-state index in [9.17, 15) is 18.0 Å². The number of hydrogen-bond donors (Lipinski definition) is 0. The predicted octanol–water partition coefficient (Wildman–Crippen LogP) is 5.32. The zero-order chi connectivity index (χ0) is 21.0. The largest absolute Gasteiger partial charge is 0.307 e. The van der Waals surface area contributed by atoms with E-state index in [0.29, 0.717) is 17.9 Å². The summed E-state index contributed by atoms with van der Waals surface area (Å²) in [7, 11) is 0. The van der Waals surface area contributed by atoms with Crippen LogP contribution in [0.1, 0.15) is 59.8 Å². The molecule has 1 amide bonds. The number of carbonyl (C=O) groups is 1. The van der Waals surface area contributed by atoms with Gasteiger partial charge in [0.15, 0.2) is 11.5 Å². The molecule has 2 aliphatic carbocycles. The topological polar surface area (TPSA) is 38.1 Å². The minimum atomic E-state index is -0.715. The second kappa shape index (κ2) is 7.00. The van der Waals surface area contributed by atoms with Crippen LogP contribution in [0.4, 0.5) is 18.9 Å². The minimum absolute atomic E-state index is 0.143. The number of hydrogen-bond acceptors (Lipinski definition) is 2. The van der Waals surface area contributed by atoms with Crippen molar-refractivity contribution in [1.82, 2.24) is 9.78 Å². The summed E-state index contributed by atoms with van der Waals surface area (Å²) in [4.78, 5) is 15.0. The molecule has 3 aromatic rings. The van der Waals surface area contributed by atoms with Gasteiger partial charge in [-0.3, -0.25) is 4.79 Å². The minimum Gasteiger partial charge on any atom is -0.307 e. The van der Waals surface area contributed by atoms with Gasteiger partial charge in [0.25, 0.3) is 5.91 Å². The SMILES string of the molecule is CCN(C(=O)c1nn(-c2ccc(F)cc2F)c2c1C1CC[C@@H]2C1)c1ccc(F)cc1. The molecule has 2 aromatic carbocycles. The quantitative estimate of drug-likeness (QED) is 0.583. The maximum Gasteiger partial charge on any atom is 0.279 e. The molecule has 1 saturated carbocycles. The Morgan fingerprint density at radius 3 is 2.47 bits per heavy atom. The molecule has 1 aromatic heterocycles. The Hall–Kier alpha value is -3.09. The van der Waals surface area contributed by atoms with Gasteiger partial charge in [-0.05, 0) is 68.5 Å². The monoisotopic (exact) mass is 411 g/mol. The van der Waals surface area contributed by atoms with Gasteiger partial charge in [-0.25, -0.2) is 17.9 Å². The standard InChI is InChI=1S/C23H20F3N3O/c1-2-28(17-8-5-15(24)6-9-17)23(30)21-20-13-3-4-14(11-13)22(20)29(27-21)19-10-7-16(25)12-18(19)26/h5-10,12-14H,2-4,11H2,1H3/t13?,14-/m1/s1. The lowest BCUT2D eigenvalue weighted by molar-refractivity contribution is 0.0981. The van der Waals surface area contributed by atoms with Crippen LogP contribution in [0.15, 0.2) is 42.5 Å². The van der Waals surface area contributed by atoms with Crippen molar-refractivity contribution in [3.8, 4) is 5.69 Å². The van der Waals surface area contributed by atoms with Gasteiger partial charge in [0.2, 0.25) is 0 Å². The molecule has 30 heavy (non-hydrogen) atoms. The number of rotatable bonds is 4. The predicted molar refractivity (Wildman–Crippen MR) is 107 cm³/mol. The van der Waals surface area contributed by atoms with Crippen LogP contribution in [0, 0.1) is 17.5 Å². The van der Waals surface area contributed by atoms with Crippen molar-refractivity contribution >= 4 is 11.6 Å². The number of halogens is 3. The van der Waals surface area contributed by atoms with Crippen LogP contribution in [0.3, 0.4) is 0 Å². The van der Waals surface area contributed by atoms with E-state index in [0.717, 1.165) is 36.6 Å². The highest BCUT2D eigenvalue weighted by Crippen LogP contribution is 2.54. The zero-order valence-electron chi connectivity index (χ0n) is 16.4. The Morgan fingerprint density at radius 2 is 1.77 bits per heavy atom. The maximum absolute atomic E-state index is 14.6. The van der Waals surface area contributed by atoms with E-state index < -0.39 is 11.6 Å². The Morgan fingerprint density at radius 1 is 1.07 bits per heavy atom. The fourth-order valence-corrected chi connectivity index (χ4v) is 4.92. The molecule has 2 bridgehead atoms. The van der Waals surface area contributed by atoms with Crippen LogP contribution in [-0.2, 0) is 0 Å². The molecule has 1 fully saturated rings. The van der Waals surface area contributed by atoms with E-state index >= 15 is 0 Å². The van der Waals surface area contributed by atoms with E-state index in [1.807, 2.05) is 6.92 Å². The lowest BCUT2D eigenvalue weighted by Crippen LogP contribution is -2.32. The van der Waals surface area contributed by atoms with Crippen molar-refractivity contribution in [2.45, 2.75) is 38.0 Å². The summed E-state index contributed by atoms with van der Waals surface area (Å²) in [6.07, 6.45) is 2.85. The molecule has 1 unspecified atom stereocenters.